The second kappa shape index (κ2) is 6.26. The number of aliphatic imine (C=N–C) groups is 1. The van der Waals surface area contributed by atoms with Crippen molar-refractivity contribution in [3.05, 3.63) is 78.4 Å². The highest BCUT2D eigenvalue weighted by Gasteiger charge is 2.13. The molecule has 1 aromatic heterocycles. The lowest BCUT2D eigenvalue weighted by Gasteiger charge is -2.09. The molecular formula is C18H17N3O. The second-order valence-electron chi connectivity index (χ2n) is 4.86. The lowest BCUT2D eigenvalue weighted by Crippen LogP contribution is -2.10. The van der Waals surface area contributed by atoms with E-state index in [1.54, 1.807) is 13.3 Å². The van der Waals surface area contributed by atoms with Crippen LogP contribution < -0.4 is 4.74 Å². The Morgan fingerprint density at radius 2 is 1.77 bits per heavy atom. The van der Waals surface area contributed by atoms with Crippen LogP contribution in [0.5, 0.6) is 5.75 Å². The van der Waals surface area contributed by atoms with Gasteiger partial charge >= 0.3 is 0 Å². The van der Waals surface area contributed by atoms with Gasteiger partial charge in [0.2, 0.25) is 0 Å². The normalized spacial score (nSPS) is 11.5. The van der Waals surface area contributed by atoms with Crippen LogP contribution in [0.15, 0.2) is 72.0 Å². The van der Waals surface area contributed by atoms with Crippen molar-refractivity contribution in [2.24, 2.45) is 12.0 Å². The van der Waals surface area contributed by atoms with Gasteiger partial charge in [-0.1, -0.05) is 42.5 Å². The molecule has 0 atom stereocenters. The maximum atomic E-state index is 5.40. The Morgan fingerprint density at radius 1 is 1.05 bits per heavy atom. The monoisotopic (exact) mass is 291 g/mol. The molecule has 0 bridgehead atoms. The van der Waals surface area contributed by atoms with Gasteiger partial charge in [-0.25, -0.2) is 9.98 Å². The lowest BCUT2D eigenvalue weighted by atomic mass is 10.1. The van der Waals surface area contributed by atoms with Crippen LogP contribution in [0.4, 0.5) is 5.69 Å². The predicted octanol–water partition coefficient (Wildman–Crippen LogP) is 3.60. The molecule has 0 radical (unpaired) electrons. The SMILES string of the molecule is COc1ccccc1N=C(c1ccccc1)c1nccn1C. The number of ether oxygens (including phenoxy) is 1. The Labute approximate surface area is 129 Å². The summed E-state index contributed by atoms with van der Waals surface area (Å²) in [6.45, 7) is 0. The minimum absolute atomic E-state index is 0.741. The third-order valence-corrected chi connectivity index (χ3v) is 3.40. The molecule has 0 N–H and O–H groups in total. The summed E-state index contributed by atoms with van der Waals surface area (Å²) in [7, 11) is 3.61. The Kier molecular flexibility index (Phi) is 4.01. The molecule has 0 aliphatic heterocycles. The maximum Gasteiger partial charge on any atom is 0.159 e. The number of hydrogen-bond donors (Lipinski definition) is 0. The molecule has 110 valence electrons. The summed E-state index contributed by atoms with van der Waals surface area (Å²) in [5.74, 6) is 1.56. The van der Waals surface area contributed by atoms with Crippen molar-refractivity contribution in [2.45, 2.75) is 0 Å². The number of rotatable bonds is 4. The van der Waals surface area contributed by atoms with Crippen LogP contribution >= 0.6 is 0 Å². The Balaban J connectivity index is 2.18. The summed E-state index contributed by atoms with van der Waals surface area (Å²) in [6.07, 6.45) is 3.69. The summed E-state index contributed by atoms with van der Waals surface area (Å²) in [5, 5.41) is 0. The van der Waals surface area contributed by atoms with Crippen molar-refractivity contribution in [1.82, 2.24) is 9.55 Å². The summed E-state index contributed by atoms with van der Waals surface area (Å²) in [5.41, 5.74) is 2.62. The van der Waals surface area contributed by atoms with E-state index in [1.165, 1.54) is 0 Å². The summed E-state index contributed by atoms with van der Waals surface area (Å²) < 4.78 is 7.35. The van der Waals surface area contributed by atoms with E-state index in [0.717, 1.165) is 28.5 Å². The standard InChI is InChI=1S/C18H17N3O/c1-21-13-12-19-18(21)17(14-8-4-3-5-9-14)20-15-10-6-7-11-16(15)22-2/h3-13H,1-2H3. The number of nitrogens with zero attached hydrogens (tertiary/aromatic N) is 3. The van der Waals surface area contributed by atoms with Crippen LogP contribution in [0.25, 0.3) is 0 Å². The van der Waals surface area contributed by atoms with Gasteiger partial charge in [-0.15, -0.1) is 0 Å². The summed E-state index contributed by atoms with van der Waals surface area (Å²) in [6, 6.07) is 17.8. The minimum atomic E-state index is 0.741. The van der Waals surface area contributed by atoms with Crippen molar-refractivity contribution < 1.29 is 4.74 Å². The van der Waals surface area contributed by atoms with E-state index < -0.39 is 0 Å². The fourth-order valence-corrected chi connectivity index (χ4v) is 2.28. The van der Waals surface area contributed by atoms with Crippen LogP contribution in [0.3, 0.4) is 0 Å². The first kappa shape index (κ1) is 14.1. The molecule has 0 aliphatic rings. The number of imidazole rings is 1. The van der Waals surface area contributed by atoms with Crippen LogP contribution in [-0.4, -0.2) is 22.4 Å². The summed E-state index contributed by atoms with van der Waals surface area (Å²) >= 11 is 0. The molecule has 3 aromatic rings. The first-order valence-corrected chi connectivity index (χ1v) is 7.04. The van der Waals surface area contributed by atoms with Gasteiger partial charge in [0, 0.05) is 25.0 Å². The molecule has 0 fully saturated rings. The van der Waals surface area contributed by atoms with Gasteiger partial charge in [0.15, 0.2) is 5.82 Å². The van der Waals surface area contributed by atoms with Gasteiger partial charge in [0.1, 0.15) is 17.1 Å². The quantitative estimate of drug-likeness (QED) is 0.689. The molecule has 1 heterocycles. The molecular weight excluding hydrogens is 274 g/mol. The molecule has 0 saturated carbocycles. The number of hydrogen-bond acceptors (Lipinski definition) is 3. The zero-order valence-corrected chi connectivity index (χ0v) is 12.6. The third kappa shape index (κ3) is 2.76. The molecule has 4 nitrogen and oxygen atoms in total. The first-order valence-electron chi connectivity index (χ1n) is 7.04. The van der Waals surface area contributed by atoms with Crippen LogP contribution in [0.1, 0.15) is 11.4 Å². The van der Waals surface area contributed by atoms with E-state index in [-0.39, 0.29) is 0 Å². The molecule has 0 amide bonds. The molecule has 0 spiro atoms. The number of aromatic nitrogens is 2. The zero-order valence-electron chi connectivity index (χ0n) is 12.6. The van der Waals surface area contributed by atoms with E-state index in [1.807, 2.05) is 72.4 Å². The van der Waals surface area contributed by atoms with Crippen molar-refractivity contribution >= 4 is 11.4 Å². The molecule has 2 aromatic carbocycles. The van der Waals surface area contributed by atoms with E-state index in [2.05, 4.69) is 4.98 Å². The molecule has 0 unspecified atom stereocenters. The van der Waals surface area contributed by atoms with E-state index in [4.69, 9.17) is 9.73 Å². The van der Waals surface area contributed by atoms with Crippen molar-refractivity contribution in [3.63, 3.8) is 0 Å². The first-order chi connectivity index (χ1) is 10.8. The number of para-hydroxylation sites is 2. The van der Waals surface area contributed by atoms with Crippen molar-refractivity contribution in [3.8, 4) is 5.75 Å². The number of benzene rings is 2. The van der Waals surface area contributed by atoms with Gasteiger partial charge in [-0.2, -0.15) is 0 Å². The Morgan fingerprint density at radius 3 is 2.45 bits per heavy atom. The molecule has 0 aliphatic carbocycles. The van der Waals surface area contributed by atoms with Gasteiger partial charge in [0.05, 0.1) is 7.11 Å². The van der Waals surface area contributed by atoms with Gasteiger partial charge in [0.25, 0.3) is 0 Å². The molecule has 22 heavy (non-hydrogen) atoms. The van der Waals surface area contributed by atoms with Gasteiger partial charge in [-0.05, 0) is 12.1 Å². The number of methoxy groups -OCH3 is 1. The highest BCUT2D eigenvalue weighted by molar-refractivity contribution is 6.12. The van der Waals surface area contributed by atoms with Gasteiger partial charge < -0.3 is 9.30 Å². The molecule has 0 saturated heterocycles. The highest BCUT2D eigenvalue weighted by atomic mass is 16.5. The van der Waals surface area contributed by atoms with Crippen molar-refractivity contribution in [1.29, 1.82) is 0 Å². The summed E-state index contributed by atoms with van der Waals surface area (Å²) in [4.78, 5) is 9.25. The van der Waals surface area contributed by atoms with Gasteiger partial charge in [-0.3, -0.25) is 0 Å². The van der Waals surface area contributed by atoms with E-state index in [9.17, 15) is 0 Å². The number of aryl methyl sites for hydroxylation is 1. The minimum Gasteiger partial charge on any atom is -0.494 e. The maximum absolute atomic E-state index is 5.40. The highest BCUT2D eigenvalue weighted by Crippen LogP contribution is 2.28. The topological polar surface area (TPSA) is 39.4 Å². The Bertz CT molecular complexity index is 791. The second-order valence-corrected chi connectivity index (χ2v) is 4.86. The van der Waals surface area contributed by atoms with Crippen LogP contribution in [0.2, 0.25) is 0 Å². The molecule has 4 heteroatoms. The third-order valence-electron chi connectivity index (χ3n) is 3.40. The largest absolute Gasteiger partial charge is 0.494 e. The average molecular weight is 291 g/mol. The lowest BCUT2D eigenvalue weighted by molar-refractivity contribution is 0.416. The fraction of sp³-hybridized carbons (Fsp3) is 0.111. The molecule has 3 rings (SSSR count). The van der Waals surface area contributed by atoms with E-state index in [0.29, 0.717) is 0 Å². The van der Waals surface area contributed by atoms with Crippen LogP contribution in [-0.2, 0) is 7.05 Å². The van der Waals surface area contributed by atoms with Crippen molar-refractivity contribution in [2.75, 3.05) is 7.11 Å². The smallest absolute Gasteiger partial charge is 0.159 e. The fourth-order valence-electron chi connectivity index (χ4n) is 2.28. The Hall–Kier alpha value is -2.88. The van der Waals surface area contributed by atoms with E-state index >= 15 is 0 Å². The average Bonchev–Trinajstić information content (AvgIpc) is 2.99. The predicted molar refractivity (Wildman–Crippen MR) is 87.9 cm³/mol. The zero-order chi connectivity index (χ0) is 15.4. The van der Waals surface area contributed by atoms with Crippen LogP contribution in [0, 0.1) is 0 Å².